The van der Waals surface area contributed by atoms with Gasteiger partial charge in [-0.05, 0) is 56.9 Å². The van der Waals surface area contributed by atoms with Gasteiger partial charge >= 0.3 is 0 Å². The van der Waals surface area contributed by atoms with Gasteiger partial charge in [-0.25, -0.2) is 0 Å². The van der Waals surface area contributed by atoms with Gasteiger partial charge in [0.2, 0.25) is 0 Å². The highest BCUT2D eigenvalue weighted by molar-refractivity contribution is 9.10. The molecule has 0 amide bonds. The van der Waals surface area contributed by atoms with E-state index in [0.717, 1.165) is 4.47 Å². The molecule has 0 heterocycles. The van der Waals surface area contributed by atoms with Gasteiger partial charge in [-0.3, -0.25) is 0 Å². The summed E-state index contributed by atoms with van der Waals surface area (Å²) in [6, 6.07) is 28.1. The van der Waals surface area contributed by atoms with E-state index in [0.29, 0.717) is 0 Å². The summed E-state index contributed by atoms with van der Waals surface area (Å²) in [6.45, 7) is 0. The maximum atomic E-state index is 3.55. The fourth-order valence-corrected chi connectivity index (χ4v) is 3.14. The van der Waals surface area contributed by atoms with Crippen LogP contribution in [0.2, 0.25) is 0 Å². The molecule has 0 unspecified atom stereocenters. The Morgan fingerprint density at radius 3 is 1.81 bits per heavy atom. The zero-order chi connectivity index (χ0) is 14.2. The van der Waals surface area contributed by atoms with Crippen molar-refractivity contribution in [2.24, 2.45) is 0 Å². The molecule has 0 nitrogen and oxygen atoms in total. The highest BCUT2D eigenvalue weighted by atomic mass is 79.9. The van der Waals surface area contributed by atoms with Crippen LogP contribution < -0.4 is 0 Å². The summed E-state index contributed by atoms with van der Waals surface area (Å²) in [5.41, 5.74) is 2.52. The molecule has 0 radical (unpaired) electrons. The number of hydrogen-bond donors (Lipinski definition) is 0. The molecular formula is C20H13Br. The average molecular weight is 333 g/mol. The zero-order valence-electron chi connectivity index (χ0n) is 11.4. The third-order valence-electron chi connectivity index (χ3n) is 3.89. The van der Waals surface area contributed by atoms with Crippen LogP contribution in [-0.2, 0) is 0 Å². The predicted octanol–water partition coefficient (Wildman–Crippen LogP) is 6.42. The van der Waals surface area contributed by atoms with Crippen LogP contribution in [0, 0.1) is 0 Å². The van der Waals surface area contributed by atoms with Gasteiger partial charge in [0.25, 0.3) is 0 Å². The fourth-order valence-electron chi connectivity index (χ4n) is 2.77. The van der Waals surface area contributed by atoms with Crippen molar-refractivity contribution in [1.82, 2.24) is 0 Å². The Labute approximate surface area is 132 Å². The smallest absolute Gasteiger partial charge is 0.0181 e. The van der Waals surface area contributed by atoms with Crippen LogP contribution in [0.25, 0.3) is 32.7 Å². The molecule has 0 N–H and O–H groups in total. The first-order valence-electron chi connectivity index (χ1n) is 6.98. The van der Waals surface area contributed by atoms with E-state index in [-0.39, 0.29) is 0 Å². The van der Waals surface area contributed by atoms with Crippen LogP contribution in [0.4, 0.5) is 0 Å². The molecule has 100 valence electrons. The molecule has 21 heavy (non-hydrogen) atoms. The van der Waals surface area contributed by atoms with Crippen LogP contribution in [-0.4, -0.2) is 0 Å². The summed E-state index contributed by atoms with van der Waals surface area (Å²) in [5, 5.41) is 5.09. The van der Waals surface area contributed by atoms with Gasteiger partial charge in [0.15, 0.2) is 0 Å². The summed E-state index contributed by atoms with van der Waals surface area (Å²) in [5.74, 6) is 0. The Bertz CT molecular complexity index is 954. The summed E-state index contributed by atoms with van der Waals surface area (Å²) < 4.78 is 1.12. The van der Waals surface area contributed by atoms with E-state index >= 15 is 0 Å². The van der Waals surface area contributed by atoms with Crippen molar-refractivity contribution in [2.75, 3.05) is 0 Å². The molecule has 4 aromatic carbocycles. The lowest BCUT2D eigenvalue weighted by Gasteiger charge is -2.06. The molecule has 1 heteroatoms. The van der Waals surface area contributed by atoms with Crippen LogP contribution in [0.5, 0.6) is 0 Å². The van der Waals surface area contributed by atoms with E-state index in [1.165, 1.54) is 32.7 Å². The van der Waals surface area contributed by atoms with Gasteiger partial charge < -0.3 is 0 Å². The monoisotopic (exact) mass is 332 g/mol. The average Bonchev–Trinajstić information content (AvgIpc) is 2.53. The molecule has 0 saturated carbocycles. The van der Waals surface area contributed by atoms with Gasteiger partial charge in [0.05, 0.1) is 0 Å². The summed E-state index contributed by atoms with van der Waals surface area (Å²) in [6.07, 6.45) is 0. The van der Waals surface area contributed by atoms with Crippen LogP contribution in [0.1, 0.15) is 0 Å². The normalized spacial score (nSPS) is 11.1. The molecule has 0 aliphatic rings. The largest absolute Gasteiger partial charge is 0.0616 e. The topological polar surface area (TPSA) is 0 Å². The number of benzene rings is 4. The molecule has 0 aliphatic carbocycles. The highest BCUT2D eigenvalue weighted by Gasteiger charge is 2.02. The maximum absolute atomic E-state index is 3.55. The Kier molecular flexibility index (Phi) is 3.01. The van der Waals surface area contributed by atoms with E-state index in [1.54, 1.807) is 0 Å². The van der Waals surface area contributed by atoms with Gasteiger partial charge in [-0.1, -0.05) is 70.5 Å². The first-order chi connectivity index (χ1) is 10.3. The Morgan fingerprint density at radius 2 is 1.05 bits per heavy atom. The molecule has 0 bridgehead atoms. The summed E-state index contributed by atoms with van der Waals surface area (Å²) >= 11 is 3.55. The summed E-state index contributed by atoms with van der Waals surface area (Å²) in [4.78, 5) is 0. The second-order valence-electron chi connectivity index (χ2n) is 5.27. The molecule has 0 aromatic heterocycles. The molecular weight excluding hydrogens is 320 g/mol. The van der Waals surface area contributed by atoms with E-state index in [2.05, 4.69) is 94.8 Å². The SMILES string of the molecule is Brc1ccc2ccc(-c3ccc4ccccc4c3)cc2c1. The molecule has 0 atom stereocenters. The Balaban J connectivity index is 1.90. The van der Waals surface area contributed by atoms with E-state index in [4.69, 9.17) is 0 Å². The van der Waals surface area contributed by atoms with Crippen molar-refractivity contribution < 1.29 is 0 Å². The lowest BCUT2D eigenvalue weighted by atomic mass is 9.99. The maximum Gasteiger partial charge on any atom is 0.0181 e. The third kappa shape index (κ3) is 2.34. The minimum absolute atomic E-state index is 1.12. The van der Waals surface area contributed by atoms with Crippen LogP contribution in [0.3, 0.4) is 0 Å². The number of fused-ring (bicyclic) bond motifs is 2. The van der Waals surface area contributed by atoms with E-state index in [1.807, 2.05) is 0 Å². The molecule has 0 saturated heterocycles. The highest BCUT2D eigenvalue weighted by Crippen LogP contribution is 2.28. The first-order valence-corrected chi connectivity index (χ1v) is 7.77. The van der Waals surface area contributed by atoms with Crippen molar-refractivity contribution >= 4 is 37.5 Å². The van der Waals surface area contributed by atoms with Gasteiger partial charge in [-0.15, -0.1) is 0 Å². The minimum Gasteiger partial charge on any atom is -0.0616 e. The fraction of sp³-hybridized carbons (Fsp3) is 0. The van der Waals surface area contributed by atoms with E-state index in [9.17, 15) is 0 Å². The third-order valence-corrected chi connectivity index (χ3v) is 4.38. The molecule has 0 aliphatic heterocycles. The Morgan fingerprint density at radius 1 is 0.476 bits per heavy atom. The van der Waals surface area contributed by atoms with Gasteiger partial charge in [-0.2, -0.15) is 0 Å². The molecule has 4 aromatic rings. The van der Waals surface area contributed by atoms with Crippen molar-refractivity contribution in [2.45, 2.75) is 0 Å². The van der Waals surface area contributed by atoms with Gasteiger partial charge in [0.1, 0.15) is 0 Å². The van der Waals surface area contributed by atoms with Crippen LogP contribution >= 0.6 is 15.9 Å². The number of halogens is 1. The number of rotatable bonds is 1. The van der Waals surface area contributed by atoms with Crippen molar-refractivity contribution in [3.05, 3.63) is 83.3 Å². The lowest BCUT2D eigenvalue weighted by molar-refractivity contribution is 1.66. The van der Waals surface area contributed by atoms with Crippen molar-refractivity contribution in [1.29, 1.82) is 0 Å². The first kappa shape index (κ1) is 12.6. The van der Waals surface area contributed by atoms with E-state index < -0.39 is 0 Å². The quantitative estimate of drug-likeness (QED) is 0.377. The molecule has 0 fully saturated rings. The van der Waals surface area contributed by atoms with Crippen LogP contribution in [0.15, 0.2) is 83.3 Å². The Hall–Kier alpha value is -2.12. The van der Waals surface area contributed by atoms with Crippen molar-refractivity contribution in [3.63, 3.8) is 0 Å². The second kappa shape index (κ2) is 5.01. The standard InChI is InChI=1S/C20H13Br/c21-20-10-9-15-6-8-18(12-19(15)13-20)17-7-5-14-3-1-2-4-16(14)11-17/h1-13H. The number of hydrogen-bond acceptors (Lipinski definition) is 0. The lowest BCUT2D eigenvalue weighted by Crippen LogP contribution is -1.80. The second-order valence-corrected chi connectivity index (χ2v) is 6.18. The summed E-state index contributed by atoms with van der Waals surface area (Å²) in [7, 11) is 0. The van der Waals surface area contributed by atoms with Crippen molar-refractivity contribution in [3.8, 4) is 11.1 Å². The molecule has 4 rings (SSSR count). The predicted molar refractivity (Wildman–Crippen MR) is 94.6 cm³/mol. The zero-order valence-corrected chi connectivity index (χ0v) is 13.0. The molecule has 0 spiro atoms. The minimum atomic E-state index is 1.12. The van der Waals surface area contributed by atoms with Gasteiger partial charge in [0, 0.05) is 4.47 Å².